The zero-order chi connectivity index (χ0) is 10.0. The molecule has 1 unspecified atom stereocenters. The molecule has 13 heavy (non-hydrogen) atoms. The van der Waals surface area contributed by atoms with Gasteiger partial charge in [0.25, 0.3) is 0 Å². The lowest BCUT2D eigenvalue weighted by Crippen LogP contribution is -2.50. The first-order valence-electron chi connectivity index (χ1n) is 4.51. The average Bonchev–Trinajstić information content (AvgIpc) is 2.02. The minimum absolute atomic E-state index is 0.0126. The molecule has 4 atom stereocenters. The Labute approximate surface area is 78.5 Å². The lowest BCUT2D eigenvalue weighted by Gasteiger charge is -2.39. The Morgan fingerprint density at radius 2 is 2.15 bits per heavy atom. The third kappa shape index (κ3) is 2.27. The molecule has 1 heterocycles. The Hall–Kier alpha value is -0.450. The summed E-state index contributed by atoms with van der Waals surface area (Å²) >= 11 is 0. The Kier molecular flexibility index (Phi) is 3.41. The molecule has 0 aromatic rings. The van der Waals surface area contributed by atoms with E-state index in [9.17, 15) is 9.90 Å². The molecule has 1 saturated heterocycles. The van der Waals surface area contributed by atoms with Crippen LogP contribution in [-0.2, 0) is 9.53 Å². The highest BCUT2D eigenvalue weighted by Crippen LogP contribution is 2.25. The summed E-state index contributed by atoms with van der Waals surface area (Å²) in [6.45, 7) is 1.90. The van der Waals surface area contributed by atoms with Crippen LogP contribution in [0.25, 0.3) is 0 Å². The van der Waals surface area contributed by atoms with Gasteiger partial charge < -0.3 is 19.5 Å². The SMILES string of the molecule is C[C@@H]1C[C@H](N(C)C)C(C=O)[C@H](O)O1. The van der Waals surface area contributed by atoms with Crippen molar-refractivity contribution in [1.82, 2.24) is 4.90 Å². The van der Waals surface area contributed by atoms with Crippen molar-refractivity contribution >= 4 is 6.29 Å². The molecule has 0 spiro atoms. The van der Waals surface area contributed by atoms with E-state index in [2.05, 4.69) is 0 Å². The maximum absolute atomic E-state index is 10.7. The van der Waals surface area contributed by atoms with Crippen LogP contribution in [0.1, 0.15) is 13.3 Å². The molecular weight excluding hydrogens is 170 g/mol. The average molecular weight is 187 g/mol. The normalized spacial score (nSPS) is 40.7. The van der Waals surface area contributed by atoms with Gasteiger partial charge in [-0.25, -0.2) is 0 Å². The highest BCUT2D eigenvalue weighted by atomic mass is 16.6. The highest BCUT2D eigenvalue weighted by Gasteiger charge is 2.37. The second-order valence-corrected chi connectivity index (χ2v) is 3.82. The van der Waals surface area contributed by atoms with E-state index in [1.54, 1.807) is 0 Å². The maximum atomic E-state index is 10.7. The minimum Gasteiger partial charge on any atom is -0.367 e. The summed E-state index contributed by atoms with van der Waals surface area (Å²) in [5.74, 6) is -0.425. The van der Waals surface area contributed by atoms with Crippen molar-refractivity contribution in [2.45, 2.75) is 31.8 Å². The van der Waals surface area contributed by atoms with Gasteiger partial charge in [-0.05, 0) is 27.4 Å². The van der Waals surface area contributed by atoms with Crippen molar-refractivity contribution in [3.8, 4) is 0 Å². The van der Waals surface area contributed by atoms with Gasteiger partial charge in [0.05, 0.1) is 12.0 Å². The molecule has 0 aliphatic carbocycles. The summed E-state index contributed by atoms with van der Waals surface area (Å²) in [6, 6.07) is 0.0799. The quantitative estimate of drug-likeness (QED) is 0.611. The van der Waals surface area contributed by atoms with Crippen LogP contribution < -0.4 is 0 Å². The Bertz CT molecular complexity index is 184. The van der Waals surface area contributed by atoms with Gasteiger partial charge in [0.15, 0.2) is 6.29 Å². The van der Waals surface area contributed by atoms with Crippen LogP contribution in [0.15, 0.2) is 0 Å². The van der Waals surface area contributed by atoms with Crippen LogP contribution in [0.3, 0.4) is 0 Å². The van der Waals surface area contributed by atoms with E-state index in [-0.39, 0.29) is 12.1 Å². The van der Waals surface area contributed by atoms with Crippen LogP contribution in [0, 0.1) is 5.92 Å². The van der Waals surface area contributed by atoms with Crippen LogP contribution in [0.4, 0.5) is 0 Å². The second kappa shape index (κ2) is 4.17. The van der Waals surface area contributed by atoms with Gasteiger partial charge in [-0.1, -0.05) is 0 Å². The number of hydrogen-bond donors (Lipinski definition) is 1. The third-order valence-corrected chi connectivity index (χ3v) is 2.54. The van der Waals surface area contributed by atoms with Crippen molar-refractivity contribution in [1.29, 1.82) is 0 Å². The van der Waals surface area contributed by atoms with E-state index in [4.69, 9.17) is 4.74 Å². The molecule has 1 N–H and O–H groups in total. The van der Waals surface area contributed by atoms with Crippen molar-refractivity contribution in [3.05, 3.63) is 0 Å². The number of hydrogen-bond acceptors (Lipinski definition) is 4. The van der Waals surface area contributed by atoms with E-state index >= 15 is 0 Å². The number of aliphatic hydroxyl groups excluding tert-OH is 1. The number of carbonyl (C=O) groups is 1. The molecule has 0 aromatic heterocycles. The van der Waals surface area contributed by atoms with E-state index in [1.807, 2.05) is 25.9 Å². The van der Waals surface area contributed by atoms with E-state index < -0.39 is 12.2 Å². The molecule has 0 bridgehead atoms. The molecule has 1 aliphatic heterocycles. The summed E-state index contributed by atoms with van der Waals surface area (Å²) in [4.78, 5) is 12.7. The smallest absolute Gasteiger partial charge is 0.165 e. The summed E-state index contributed by atoms with van der Waals surface area (Å²) in [5.41, 5.74) is 0. The first-order chi connectivity index (χ1) is 6.06. The number of aliphatic hydroxyl groups is 1. The zero-order valence-electron chi connectivity index (χ0n) is 8.30. The first-order valence-corrected chi connectivity index (χ1v) is 4.51. The molecule has 0 aromatic carbocycles. The van der Waals surface area contributed by atoms with Crippen LogP contribution >= 0.6 is 0 Å². The molecule has 4 nitrogen and oxygen atoms in total. The molecule has 0 saturated carbocycles. The van der Waals surface area contributed by atoms with Crippen molar-refractivity contribution in [2.24, 2.45) is 5.92 Å². The van der Waals surface area contributed by atoms with Gasteiger partial charge in [0, 0.05) is 6.04 Å². The fourth-order valence-electron chi connectivity index (χ4n) is 1.78. The third-order valence-electron chi connectivity index (χ3n) is 2.54. The number of aldehydes is 1. The summed E-state index contributed by atoms with van der Waals surface area (Å²) in [5, 5.41) is 9.48. The fraction of sp³-hybridized carbons (Fsp3) is 0.889. The number of nitrogens with zero attached hydrogens (tertiary/aromatic N) is 1. The predicted molar refractivity (Wildman–Crippen MR) is 48.2 cm³/mol. The van der Waals surface area contributed by atoms with E-state index in [0.29, 0.717) is 0 Å². The van der Waals surface area contributed by atoms with E-state index in [1.165, 1.54) is 0 Å². The molecule has 0 radical (unpaired) electrons. The largest absolute Gasteiger partial charge is 0.367 e. The van der Waals surface area contributed by atoms with Crippen molar-refractivity contribution < 1.29 is 14.6 Å². The predicted octanol–water partition coefficient (Wildman–Crippen LogP) is -0.141. The molecule has 4 heteroatoms. The topological polar surface area (TPSA) is 49.8 Å². The van der Waals surface area contributed by atoms with Crippen LogP contribution in [0.2, 0.25) is 0 Å². The number of ether oxygens (including phenoxy) is 1. The maximum Gasteiger partial charge on any atom is 0.165 e. The monoisotopic (exact) mass is 187 g/mol. The van der Waals surface area contributed by atoms with Crippen molar-refractivity contribution in [3.63, 3.8) is 0 Å². The van der Waals surface area contributed by atoms with Crippen molar-refractivity contribution in [2.75, 3.05) is 14.1 Å². The van der Waals surface area contributed by atoms with Gasteiger partial charge in [-0.3, -0.25) is 0 Å². The van der Waals surface area contributed by atoms with Gasteiger partial charge in [0.2, 0.25) is 0 Å². The zero-order valence-corrected chi connectivity index (χ0v) is 8.30. The molecule has 0 amide bonds. The molecule has 1 rings (SSSR count). The Balaban J connectivity index is 2.71. The minimum atomic E-state index is -0.950. The van der Waals surface area contributed by atoms with E-state index in [0.717, 1.165) is 12.7 Å². The highest BCUT2D eigenvalue weighted by molar-refractivity contribution is 5.55. The van der Waals surface area contributed by atoms with Crippen LogP contribution in [-0.4, -0.2) is 48.8 Å². The fourth-order valence-corrected chi connectivity index (χ4v) is 1.78. The number of rotatable bonds is 2. The van der Waals surface area contributed by atoms with Gasteiger partial charge in [-0.2, -0.15) is 0 Å². The lowest BCUT2D eigenvalue weighted by atomic mass is 9.92. The lowest BCUT2D eigenvalue weighted by molar-refractivity contribution is -0.201. The van der Waals surface area contributed by atoms with Crippen LogP contribution in [0.5, 0.6) is 0 Å². The second-order valence-electron chi connectivity index (χ2n) is 3.82. The van der Waals surface area contributed by atoms with Gasteiger partial charge in [0.1, 0.15) is 6.29 Å². The molecule has 1 fully saturated rings. The standard InChI is InChI=1S/C9H17NO3/c1-6-4-8(10(2)3)7(5-11)9(12)13-6/h5-9,12H,4H2,1-3H3/t6-,7?,8+,9-/m1/s1. The van der Waals surface area contributed by atoms with Gasteiger partial charge >= 0.3 is 0 Å². The molecule has 76 valence electrons. The Morgan fingerprint density at radius 1 is 1.54 bits per heavy atom. The molecule has 1 aliphatic rings. The summed E-state index contributed by atoms with van der Waals surface area (Å²) in [6.07, 6.45) is 0.626. The van der Waals surface area contributed by atoms with Gasteiger partial charge in [-0.15, -0.1) is 0 Å². The number of carbonyl (C=O) groups excluding carboxylic acids is 1. The summed E-state index contributed by atoms with van der Waals surface area (Å²) < 4.78 is 5.17. The first kappa shape index (κ1) is 10.6. The summed E-state index contributed by atoms with van der Waals surface area (Å²) in [7, 11) is 3.82. The molecular formula is C9H17NO3. The Morgan fingerprint density at radius 3 is 2.62 bits per heavy atom.